The Bertz CT molecular complexity index is 6170. The molecule has 6 heteroatoms. The summed E-state index contributed by atoms with van der Waals surface area (Å²) in [5.74, 6) is 0.312. The summed E-state index contributed by atoms with van der Waals surface area (Å²) in [7, 11) is -6.56. The Kier molecular flexibility index (Phi) is 6.11. The zero-order valence-electron chi connectivity index (χ0n) is 73.7. The first-order valence-corrected chi connectivity index (χ1v) is 26.1. The van der Waals surface area contributed by atoms with Crippen LogP contribution in [0.1, 0.15) is 50.8 Å². The van der Waals surface area contributed by atoms with E-state index in [9.17, 15) is 24.7 Å². The maximum absolute atomic E-state index is 10.1. The number of pyridine rings is 1. The first-order valence-electron chi connectivity index (χ1n) is 40.6. The normalized spacial score (nSPS) is 17.6. The number of ether oxygens (including phenoxy) is 1. The maximum atomic E-state index is 10.1. The summed E-state index contributed by atoms with van der Waals surface area (Å²) >= 11 is 0. The zero-order chi connectivity index (χ0) is 81.3. The number of imidazole rings is 1. The highest BCUT2D eigenvalue weighted by molar-refractivity contribution is 7.20. The van der Waals surface area contributed by atoms with Crippen molar-refractivity contribution >= 4 is 61.7 Å². The predicted molar refractivity (Wildman–Crippen MR) is 327 cm³/mol. The SMILES string of the molecule is [2H]c1c([2H])c([2H])c(-c2cc(-c3c([2H])c([2H])c([2H])c([2H])c3[2H])c(-[n+]3[c-]n(-c4cccc(Oc5ccc6c7ccccc7n(-c7cc(C([2H])([2H])[2H])c(-c8c([2H])c([2H])c([2H])c([2H])c8[2H])cn7)c6c5)c4)c4ccccc43)c([Si](c3c([2H])c([2H])c([2H])c([2H])c3[2H])(c3c([2H])c([2H])c([2H])c([2H])c3[2H])c3c([2H])c([2H])c([2H])c([2H])c3[2H])c2)c([2H])c1[2H]. The first-order chi connectivity index (χ1) is 52.7. The topological polar surface area (TPSA) is 35.9 Å². The first kappa shape index (κ1) is 24.0. The van der Waals surface area contributed by atoms with Gasteiger partial charge in [0.25, 0.3) is 6.33 Å². The number of aryl methyl sites for hydroxylation is 1. The van der Waals surface area contributed by atoms with Crippen molar-refractivity contribution in [3.8, 4) is 62.1 Å². The number of fused-ring (bicyclic) bond motifs is 4. The number of rotatable bonds is 12. The van der Waals surface area contributed by atoms with E-state index in [-0.39, 0.29) is 50.7 Å². The minimum atomic E-state index is -6.56. The van der Waals surface area contributed by atoms with Crippen LogP contribution < -0.4 is 30.1 Å². The van der Waals surface area contributed by atoms with Gasteiger partial charge in [0.15, 0.2) is 8.07 Å². The van der Waals surface area contributed by atoms with Gasteiger partial charge in [0.2, 0.25) is 0 Å². The molecule has 0 atom stereocenters. The van der Waals surface area contributed by atoms with Crippen LogP contribution in [0.2, 0.25) is 0 Å². The molecular weight excluding hydrogens is 977 g/mol. The van der Waals surface area contributed by atoms with Crippen molar-refractivity contribution in [2.75, 3.05) is 0 Å². The third-order valence-corrected chi connectivity index (χ3v) is 17.5. The summed E-state index contributed by atoms with van der Waals surface area (Å²) in [6.45, 7) is -2.94. The maximum Gasteiger partial charge on any atom is 0.269 e. The van der Waals surface area contributed by atoms with E-state index in [1.54, 1.807) is 71.3 Å². The van der Waals surface area contributed by atoms with E-state index in [1.165, 1.54) is 28.8 Å². The predicted octanol–water partition coefficient (Wildman–Crippen LogP) is 14.7. The monoisotopic (exact) mass is 1060 g/mol. The largest absolute Gasteiger partial charge is 0.458 e. The van der Waals surface area contributed by atoms with Crippen molar-refractivity contribution in [3.05, 3.63) is 309 Å². The number of aromatic nitrogens is 4. The molecule has 0 fully saturated rings. The molecule has 0 aliphatic carbocycles. The number of hydrogen-bond donors (Lipinski definition) is 0. The van der Waals surface area contributed by atoms with Crippen molar-refractivity contribution in [1.29, 1.82) is 0 Å². The number of benzene rings is 11. The lowest BCUT2D eigenvalue weighted by molar-refractivity contribution is -0.570. The lowest BCUT2D eigenvalue weighted by atomic mass is 9.97. The van der Waals surface area contributed by atoms with Gasteiger partial charge in [-0.3, -0.25) is 13.7 Å². The van der Waals surface area contributed by atoms with Crippen molar-refractivity contribution in [2.45, 2.75) is 6.85 Å². The second-order valence-corrected chi connectivity index (χ2v) is 21.2. The Labute approximate surface area is 507 Å². The Morgan fingerprint density at radius 1 is 0.481 bits per heavy atom. The molecule has 11 aromatic carbocycles. The molecule has 0 spiro atoms. The highest BCUT2D eigenvalue weighted by Crippen LogP contribution is 2.37. The van der Waals surface area contributed by atoms with Crippen LogP contribution in [0.3, 0.4) is 0 Å². The van der Waals surface area contributed by atoms with Gasteiger partial charge in [0.1, 0.15) is 17.3 Å². The molecule has 0 radical (unpaired) electrons. The average molecular weight is 1060 g/mol. The van der Waals surface area contributed by atoms with Gasteiger partial charge in [0.05, 0.1) is 74.6 Å². The highest BCUT2D eigenvalue weighted by atomic mass is 28.3. The number of nitrogens with zero attached hydrogens (tertiary/aromatic N) is 4. The van der Waals surface area contributed by atoms with Crippen molar-refractivity contribution < 1.29 is 54.5 Å². The minimum absolute atomic E-state index is 0.0276. The molecule has 3 heterocycles. The lowest BCUT2D eigenvalue weighted by Crippen LogP contribution is -2.76. The Morgan fingerprint density at radius 2 is 1.04 bits per heavy atom. The molecule has 0 amide bonds. The molecule has 79 heavy (non-hydrogen) atoms. The van der Waals surface area contributed by atoms with E-state index in [4.69, 9.17) is 25.3 Å². The van der Waals surface area contributed by atoms with Crippen molar-refractivity contribution in [2.24, 2.45) is 0 Å². The number of hydrogen-bond acceptors (Lipinski definition) is 2. The Balaban J connectivity index is 1.11. The van der Waals surface area contributed by atoms with Crippen molar-refractivity contribution in [3.63, 3.8) is 0 Å². The lowest BCUT2D eigenvalue weighted by Gasteiger charge is -2.37. The fourth-order valence-electron chi connectivity index (χ4n) is 10.0. The highest BCUT2D eigenvalue weighted by Gasteiger charge is 2.44. The van der Waals surface area contributed by atoms with Crippen LogP contribution in [0, 0.1) is 13.2 Å². The van der Waals surface area contributed by atoms with E-state index in [0.29, 0.717) is 21.8 Å². The Hall–Kier alpha value is -10.1. The smallest absolute Gasteiger partial charge is 0.269 e. The summed E-state index contributed by atoms with van der Waals surface area (Å²) in [6.07, 6.45) is 4.40. The van der Waals surface area contributed by atoms with Gasteiger partial charge in [-0.2, -0.15) is 0 Å². The fraction of sp³-hybridized carbons (Fsp3) is 0.0137. The van der Waals surface area contributed by atoms with E-state index in [0.717, 1.165) is 22.9 Å². The summed E-state index contributed by atoms with van der Waals surface area (Å²) in [4.78, 5) is 4.67. The number of para-hydroxylation sites is 3. The standard InChI is InChI=1S/C73H52N4OSi/c1-52-45-72(74-50-66(52)55-29-12-4-13-30-55)77-67-40-21-20-39-63(67)64-44-43-59(49-70(64)77)78-58-32-24-31-57(48-58)75-51-76(69-42-23-22-41-68(69)75)73-65(54-27-10-3-11-28-54)46-56(53-25-8-2-9-26-53)47-71(73)79(60-33-14-5-15-34-60,61-35-16-6-17-36-61)62-37-18-7-19-38-62/h2-50H,1H3/i1D3,2D,3D,4D,5D,6D,7D,8D,9D,10D,11D,12D,13D,14D,15D,16D,17D,18D,19D,25D,26D,27D,28D,29D,30D,33D,34D,35D,36D,37D,38D. The van der Waals surface area contributed by atoms with Gasteiger partial charge in [0, 0.05) is 32.7 Å². The van der Waals surface area contributed by atoms with Crippen LogP contribution in [0.4, 0.5) is 0 Å². The van der Waals surface area contributed by atoms with E-state index < -0.39 is 245 Å². The molecule has 0 bridgehead atoms. The fourth-order valence-corrected chi connectivity index (χ4v) is 14.0. The molecule has 0 N–H and O–H groups in total. The molecule has 3 aromatic heterocycles. The van der Waals surface area contributed by atoms with Gasteiger partial charge in [-0.15, -0.1) is 0 Å². The Morgan fingerprint density at radius 3 is 1.68 bits per heavy atom. The minimum Gasteiger partial charge on any atom is -0.458 e. The van der Waals surface area contributed by atoms with E-state index >= 15 is 0 Å². The summed E-state index contributed by atoms with van der Waals surface area (Å²) in [5.41, 5.74) is -3.17. The summed E-state index contributed by atoms with van der Waals surface area (Å²) in [6, 6.07) is -3.08. The molecule has 0 aliphatic heterocycles. The zero-order valence-corrected chi connectivity index (χ0v) is 41.7. The molecule has 14 rings (SSSR count). The second-order valence-electron chi connectivity index (χ2n) is 17.6. The summed E-state index contributed by atoms with van der Waals surface area (Å²) < 4.78 is 316. The van der Waals surface area contributed by atoms with Gasteiger partial charge in [-0.05, 0) is 110 Å². The van der Waals surface area contributed by atoms with Crippen LogP contribution >= 0.6 is 0 Å². The third kappa shape index (κ3) is 8.34. The van der Waals surface area contributed by atoms with Gasteiger partial charge in [-0.25, -0.2) is 4.98 Å². The average Bonchev–Trinajstić information content (AvgIpc) is 0.678. The van der Waals surface area contributed by atoms with Crippen LogP contribution in [0.5, 0.6) is 11.5 Å². The third-order valence-electron chi connectivity index (χ3n) is 13.3. The van der Waals surface area contributed by atoms with E-state index in [1.807, 2.05) is 6.07 Å². The molecule has 0 saturated carbocycles. The van der Waals surface area contributed by atoms with Gasteiger partial charge < -0.3 is 4.74 Å². The molecule has 0 aliphatic rings. The molecule has 5 nitrogen and oxygen atoms in total. The molecular formula is C73H52N4OSi. The molecule has 0 unspecified atom stereocenters. The molecule has 374 valence electrons. The summed E-state index contributed by atoms with van der Waals surface area (Å²) in [5, 5.41) is -2.65. The second kappa shape index (κ2) is 20.1. The van der Waals surface area contributed by atoms with Gasteiger partial charge in [-0.1, -0.05) is 236 Å². The van der Waals surface area contributed by atoms with Crippen LogP contribution in [0.15, 0.2) is 297 Å². The van der Waals surface area contributed by atoms with E-state index in [2.05, 4.69) is 11.3 Å². The van der Waals surface area contributed by atoms with Crippen LogP contribution in [-0.4, -0.2) is 22.2 Å². The van der Waals surface area contributed by atoms with Crippen LogP contribution in [0.25, 0.3) is 83.4 Å². The van der Waals surface area contributed by atoms with Crippen molar-refractivity contribution in [1.82, 2.24) is 14.1 Å². The molecule has 0 saturated heterocycles. The van der Waals surface area contributed by atoms with Crippen LogP contribution in [-0.2, 0) is 0 Å². The molecule has 14 aromatic rings. The van der Waals surface area contributed by atoms with Gasteiger partial charge >= 0.3 is 0 Å². The quantitative estimate of drug-likeness (QED) is 0.0529.